The van der Waals surface area contributed by atoms with Crippen molar-refractivity contribution in [2.75, 3.05) is 6.61 Å². The quantitative estimate of drug-likeness (QED) is 0.749. The number of benzene rings is 1. The van der Waals surface area contributed by atoms with Gasteiger partial charge in [-0.1, -0.05) is 25.3 Å². The topological polar surface area (TPSA) is 50.9 Å². The van der Waals surface area contributed by atoms with Crippen molar-refractivity contribution in [1.82, 2.24) is 14.5 Å². The molecule has 0 bridgehead atoms. The van der Waals surface area contributed by atoms with Crippen molar-refractivity contribution >= 4 is 11.0 Å². The van der Waals surface area contributed by atoms with Gasteiger partial charge in [-0.3, -0.25) is 4.98 Å². The van der Waals surface area contributed by atoms with Crippen molar-refractivity contribution in [3.63, 3.8) is 0 Å². The second kappa shape index (κ2) is 6.20. The van der Waals surface area contributed by atoms with Crippen LogP contribution in [-0.2, 0) is 5.54 Å². The van der Waals surface area contributed by atoms with Crippen LogP contribution in [0.5, 0.6) is 0 Å². The summed E-state index contributed by atoms with van der Waals surface area (Å²) in [6.07, 6.45) is 12.1. The average molecular weight is 347 g/mol. The van der Waals surface area contributed by atoms with Gasteiger partial charge < -0.3 is 9.67 Å². The first-order valence-corrected chi connectivity index (χ1v) is 9.84. The van der Waals surface area contributed by atoms with E-state index in [1.165, 1.54) is 37.7 Å². The van der Waals surface area contributed by atoms with Crippen LogP contribution in [0.15, 0.2) is 42.9 Å². The number of fused-ring (bicyclic) bond motifs is 1. The van der Waals surface area contributed by atoms with Crippen LogP contribution in [0.3, 0.4) is 0 Å². The molecule has 5 rings (SSSR count). The number of nitrogens with zero attached hydrogens (tertiary/aromatic N) is 3. The number of hydrogen-bond acceptors (Lipinski definition) is 3. The fourth-order valence-corrected chi connectivity index (χ4v) is 4.51. The Hall–Kier alpha value is -2.20. The Kier molecular flexibility index (Phi) is 3.82. The van der Waals surface area contributed by atoms with E-state index in [0.717, 1.165) is 41.1 Å². The lowest BCUT2D eigenvalue weighted by molar-refractivity contribution is 0.0941. The molecule has 2 saturated carbocycles. The molecular weight excluding hydrogens is 322 g/mol. The minimum atomic E-state index is -0.199. The largest absolute Gasteiger partial charge is 0.394 e. The zero-order chi connectivity index (χ0) is 17.6. The van der Waals surface area contributed by atoms with Gasteiger partial charge in [0.25, 0.3) is 0 Å². The molecule has 0 spiro atoms. The Bertz CT molecular complexity index is 935. The van der Waals surface area contributed by atoms with Gasteiger partial charge in [0, 0.05) is 11.8 Å². The number of aliphatic hydroxyl groups excluding tert-OH is 1. The predicted octanol–water partition coefficient (Wildman–Crippen LogP) is 4.63. The second-order valence-corrected chi connectivity index (χ2v) is 8.01. The predicted molar refractivity (Wildman–Crippen MR) is 103 cm³/mol. The normalized spacial score (nSPS) is 19.7. The van der Waals surface area contributed by atoms with Crippen molar-refractivity contribution in [2.24, 2.45) is 0 Å². The van der Waals surface area contributed by atoms with Gasteiger partial charge in [-0.2, -0.15) is 0 Å². The van der Waals surface area contributed by atoms with E-state index in [2.05, 4.69) is 44.9 Å². The molecule has 4 heteroatoms. The molecule has 4 nitrogen and oxygen atoms in total. The summed E-state index contributed by atoms with van der Waals surface area (Å²) in [5, 5.41) is 10.2. The molecule has 2 aliphatic rings. The Labute approximate surface area is 153 Å². The molecule has 0 radical (unpaired) electrons. The maximum Gasteiger partial charge on any atom is 0.0964 e. The number of rotatable bonds is 4. The van der Waals surface area contributed by atoms with Crippen LogP contribution in [0, 0.1) is 0 Å². The molecule has 2 fully saturated rings. The molecule has 2 heterocycles. The Morgan fingerprint density at radius 1 is 1.04 bits per heavy atom. The molecule has 2 aliphatic carbocycles. The molecule has 0 aliphatic heterocycles. The Morgan fingerprint density at radius 3 is 2.65 bits per heavy atom. The summed E-state index contributed by atoms with van der Waals surface area (Å²) in [6.45, 7) is 0.179. The number of imidazole rings is 1. The van der Waals surface area contributed by atoms with Gasteiger partial charge in [-0.15, -0.1) is 0 Å². The lowest BCUT2D eigenvalue weighted by atomic mass is 9.82. The standard InChI is InChI=1S/C22H25N3O/c26-14-22(9-2-1-3-10-22)25-15-24-19-7-6-18(13-21(19)25)20-12-17(8-11-23-20)16-4-5-16/h6-8,11-13,15-16,26H,1-5,9-10,14H2. The summed E-state index contributed by atoms with van der Waals surface area (Å²) >= 11 is 0. The van der Waals surface area contributed by atoms with Crippen molar-refractivity contribution in [3.8, 4) is 11.3 Å². The summed E-state index contributed by atoms with van der Waals surface area (Å²) < 4.78 is 2.23. The van der Waals surface area contributed by atoms with Gasteiger partial charge in [0.2, 0.25) is 0 Å². The first kappa shape index (κ1) is 16.0. The van der Waals surface area contributed by atoms with Gasteiger partial charge in [-0.25, -0.2) is 4.98 Å². The number of aromatic nitrogens is 3. The van der Waals surface area contributed by atoms with Crippen LogP contribution in [0.4, 0.5) is 0 Å². The van der Waals surface area contributed by atoms with Crippen molar-refractivity contribution in [1.29, 1.82) is 0 Å². The van der Waals surface area contributed by atoms with Crippen LogP contribution < -0.4 is 0 Å². The molecule has 0 amide bonds. The minimum absolute atomic E-state index is 0.179. The lowest BCUT2D eigenvalue weighted by Gasteiger charge is -2.37. The van der Waals surface area contributed by atoms with Crippen LogP contribution in [-0.4, -0.2) is 26.2 Å². The van der Waals surface area contributed by atoms with E-state index < -0.39 is 0 Å². The van der Waals surface area contributed by atoms with Gasteiger partial charge >= 0.3 is 0 Å². The third-order valence-electron chi connectivity index (χ3n) is 6.27. The molecule has 134 valence electrons. The highest BCUT2D eigenvalue weighted by atomic mass is 16.3. The zero-order valence-corrected chi connectivity index (χ0v) is 15.1. The Morgan fingerprint density at radius 2 is 1.88 bits per heavy atom. The SMILES string of the molecule is OCC1(n2cnc3ccc(-c4cc(C5CC5)ccn4)cc32)CCCCC1. The summed E-state index contributed by atoms with van der Waals surface area (Å²) in [7, 11) is 0. The second-order valence-electron chi connectivity index (χ2n) is 8.01. The molecule has 3 aromatic rings. The molecule has 0 unspecified atom stereocenters. The third kappa shape index (κ3) is 2.64. The molecular formula is C22H25N3O. The van der Waals surface area contributed by atoms with Crippen LogP contribution in [0.2, 0.25) is 0 Å². The molecule has 1 aromatic carbocycles. The third-order valence-corrected chi connectivity index (χ3v) is 6.27. The van der Waals surface area contributed by atoms with Gasteiger partial charge in [0.1, 0.15) is 0 Å². The van der Waals surface area contributed by atoms with E-state index in [4.69, 9.17) is 0 Å². The van der Waals surface area contributed by atoms with Crippen molar-refractivity contribution < 1.29 is 5.11 Å². The minimum Gasteiger partial charge on any atom is -0.394 e. The smallest absolute Gasteiger partial charge is 0.0964 e. The van der Waals surface area contributed by atoms with E-state index >= 15 is 0 Å². The van der Waals surface area contributed by atoms with E-state index in [0.29, 0.717) is 0 Å². The number of hydrogen-bond donors (Lipinski definition) is 1. The van der Waals surface area contributed by atoms with Gasteiger partial charge in [-0.05, 0) is 61.4 Å². The van der Waals surface area contributed by atoms with E-state index in [1.807, 2.05) is 12.5 Å². The number of pyridine rings is 1. The van der Waals surface area contributed by atoms with Gasteiger partial charge in [0.05, 0.1) is 35.2 Å². The van der Waals surface area contributed by atoms with E-state index in [-0.39, 0.29) is 12.1 Å². The average Bonchev–Trinajstić information content (AvgIpc) is 3.47. The lowest BCUT2D eigenvalue weighted by Crippen LogP contribution is -2.39. The van der Waals surface area contributed by atoms with Crippen LogP contribution >= 0.6 is 0 Å². The Balaban J connectivity index is 1.60. The summed E-state index contributed by atoms with van der Waals surface area (Å²) in [5.74, 6) is 0.728. The van der Waals surface area contributed by atoms with Crippen molar-refractivity contribution in [2.45, 2.75) is 56.4 Å². The van der Waals surface area contributed by atoms with E-state index in [1.54, 1.807) is 0 Å². The molecule has 0 atom stereocenters. The van der Waals surface area contributed by atoms with Crippen LogP contribution in [0.1, 0.15) is 56.4 Å². The maximum atomic E-state index is 10.2. The fraction of sp³-hybridized carbons (Fsp3) is 0.455. The highest BCUT2D eigenvalue weighted by Crippen LogP contribution is 2.41. The molecule has 26 heavy (non-hydrogen) atoms. The van der Waals surface area contributed by atoms with Crippen LogP contribution in [0.25, 0.3) is 22.3 Å². The van der Waals surface area contributed by atoms with E-state index in [9.17, 15) is 5.11 Å². The summed E-state index contributed by atoms with van der Waals surface area (Å²) in [4.78, 5) is 9.22. The fourth-order valence-electron chi connectivity index (χ4n) is 4.51. The first-order valence-electron chi connectivity index (χ1n) is 9.84. The summed E-state index contributed by atoms with van der Waals surface area (Å²) in [6, 6.07) is 10.8. The maximum absolute atomic E-state index is 10.2. The number of aliphatic hydroxyl groups is 1. The molecule has 1 N–H and O–H groups in total. The van der Waals surface area contributed by atoms with Gasteiger partial charge in [0.15, 0.2) is 0 Å². The highest BCUT2D eigenvalue weighted by molar-refractivity contribution is 5.81. The monoisotopic (exact) mass is 347 g/mol. The highest BCUT2D eigenvalue weighted by Gasteiger charge is 2.34. The van der Waals surface area contributed by atoms with Crippen molar-refractivity contribution in [3.05, 3.63) is 48.4 Å². The zero-order valence-electron chi connectivity index (χ0n) is 15.1. The molecule has 2 aromatic heterocycles. The first-order chi connectivity index (χ1) is 12.8. The molecule has 0 saturated heterocycles. The summed E-state index contributed by atoms with van der Waals surface area (Å²) in [5.41, 5.74) is 5.47.